The first-order chi connectivity index (χ1) is 8.69. The van der Waals surface area contributed by atoms with Gasteiger partial charge in [0.05, 0.1) is 6.54 Å². The van der Waals surface area contributed by atoms with Gasteiger partial charge in [-0.25, -0.2) is 4.79 Å². The molecule has 4 nitrogen and oxygen atoms in total. The lowest BCUT2D eigenvalue weighted by molar-refractivity contribution is -0.115. The molecule has 0 aliphatic rings. The van der Waals surface area contributed by atoms with E-state index in [9.17, 15) is 9.59 Å². The highest BCUT2D eigenvalue weighted by molar-refractivity contribution is 5.95. The molecule has 104 valence electrons. The molecule has 0 saturated carbocycles. The fourth-order valence-corrected chi connectivity index (χ4v) is 1.60. The van der Waals surface area contributed by atoms with Crippen LogP contribution in [0.15, 0.2) is 24.3 Å². The number of rotatable bonds is 3. The Morgan fingerprint density at radius 2 is 1.89 bits per heavy atom. The van der Waals surface area contributed by atoms with Crippen LogP contribution in [0.25, 0.3) is 0 Å². The molecule has 1 rings (SSSR count). The van der Waals surface area contributed by atoms with Gasteiger partial charge in [0.15, 0.2) is 0 Å². The molecule has 0 saturated heterocycles. The molecule has 0 atom stereocenters. The lowest BCUT2D eigenvalue weighted by Gasteiger charge is -2.27. The number of hydrogen-bond acceptors (Lipinski definition) is 3. The second kappa shape index (κ2) is 5.87. The zero-order valence-electron chi connectivity index (χ0n) is 12.2. The van der Waals surface area contributed by atoms with Crippen molar-refractivity contribution < 1.29 is 14.3 Å². The lowest BCUT2D eigenvalue weighted by Crippen LogP contribution is -2.39. The molecule has 0 fully saturated rings. The van der Waals surface area contributed by atoms with Crippen LogP contribution in [0.5, 0.6) is 0 Å². The maximum atomic E-state index is 12.2. The molecule has 4 heteroatoms. The van der Waals surface area contributed by atoms with Crippen molar-refractivity contribution in [3.05, 3.63) is 29.8 Å². The van der Waals surface area contributed by atoms with Gasteiger partial charge in [0.2, 0.25) is 0 Å². The fraction of sp³-hybridized carbons (Fsp3) is 0.467. The Labute approximate surface area is 114 Å². The number of aryl methyl sites for hydroxylation is 1. The summed E-state index contributed by atoms with van der Waals surface area (Å²) in [6, 6.07) is 7.43. The Hall–Kier alpha value is -1.84. The molecule has 0 radical (unpaired) electrons. The van der Waals surface area contributed by atoms with Gasteiger partial charge in [0.1, 0.15) is 11.4 Å². The molecule has 0 bridgehead atoms. The second-order valence-corrected chi connectivity index (χ2v) is 5.61. The highest BCUT2D eigenvalue weighted by Gasteiger charge is 2.24. The Morgan fingerprint density at radius 1 is 1.26 bits per heavy atom. The largest absolute Gasteiger partial charge is 0.443 e. The number of nitrogens with zero attached hydrogens (tertiary/aromatic N) is 1. The normalized spacial score (nSPS) is 11.0. The van der Waals surface area contributed by atoms with E-state index < -0.39 is 11.7 Å². The summed E-state index contributed by atoms with van der Waals surface area (Å²) in [4.78, 5) is 24.9. The van der Waals surface area contributed by atoms with Crippen LogP contribution in [0.4, 0.5) is 10.5 Å². The van der Waals surface area contributed by atoms with Crippen LogP contribution in [0.3, 0.4) is 0 Å². The Kier molecular flexibility index (Phi) is 4.70. The van der Waals surface area contributed by atoms with Gasteiger partial charge in [0.25, 0.3) is 0 Å². The van der Waals surface area contributed by atoms with Crippen LogP contribution in [-0.4, -0.2) is 24.0 Å². The average Bonchev–Trinajstić information content (AvgIpc) is 2.23. The maximum Gasteiger partial charge on any atom is 0.415 e. The Morgan fingerprint density at radius 3 is 2.37 bits per heavy atom. The predicted molar refractivity (Wildman–Crippen MR) is 75.4 cm³/mol. The van der Waals surface area contributed by atoms with E-state index in [1.165, 1.54) is 11.8 Å². The summed E-state index contributed by atoms with van der Waals surface area (Å²) >= 11 is 0. The molecular formula is C15H21NO3. The SMILES string of the molecule is CC(=O)CN(C(=O)OC(C)(C)C)c1cccc(C)c1. The zero-order chi connectivity index (χ0) is 14.6. The Balaban J connectivity index is 3.01. The number of carbonyl (C=O) groups is 2. The zero-order valence-corrected chi connectivity index (χ0v) is 12.2. The van der Waals surface area contributed by atoms with Crippen LogP contribution < -0.4 is 4.90 Å². The third-order valence-corrected chi connectivity index (χ3v) is 2.31. The van der Waals surface area contributed by atoms with E-state index in [0.29, 0.717) is 5.69 Å². The minimum Gasteiger partial charge on any atom is -0.443 e. The maximum absolute atomic E-state index is 12.2. The number of Topliss-reactive ketones (excluding diaryl/α,β-unsaturated/α-hetero) is 1. The minimum atomic E-state index is -0.587. The third-order valence-electron chi connectivity index (χ3n) is 2.31. The van der Waals surface area contributed by atoms with E-state index >= 15 is 0 Å². The molecule has 0 aliphatic carbocycles. The summed E-state index contributed by atoms with van der Waals surface area (Å²) in [6.07, 6.45) is -0.506. The summed E-state index contributed by atoms with van der Waals surface area (Å²) in [7, 11) is 0. The lowest BCUT2D eigenvalue weighted by atomic mass is 10.2. The molecule has 0 spiro atoms. The van der Waals surface area contributed by atoms with Crippen molar-refractivity contribution in [2.24, 2.45) is 0 Å². The molecule has 1 aromatic rings. The number of amides is 1. The smallest absolute Gasteiger partial charge is 0.415 e. The van der Waals surface area contributed by atoms with E-state index in [-0.39, 0.29) is 12.3 Å². The van der Waals surface area contributed by atoms with Crippen molar-refractivity contribution in [1.29, 1.82) is 0 Å². The van der Waals surface area contributed by atoms with Crippen LogP contribution in [0.2, 0.25) is 0 Å². The average molecular weight is 263 g/mol. The summed E-state index contributed by atoms with van der Waals surface area (Å²) in [6.45, 7) is 8.79. The van der Waals surface area contributed by atoms with Crippen molar-refractivity contribution in [1.82, 2.24) is 0 Å². The molecule has 0 N–H and O–H groups in total. The molecule has 0 unspecified atom stereocenters. The van der Waals surface area contributed by atoms with Gasteiger partial charge in [-0.1, -0.05) is 12.1 Å². The number of anilines is 1. The fourth-order valence-electron chi connectivity index (χ4n) is 1.60. The van der Waals surface area contributed by atoms with Gasteiger partial charge in [-0.05, 0) is 52.3 Å². The van der Waals surface area contributed by atoms with Crippen molar-refractivity contribution in [3.8, 4) is 0 Å². The predicted octanol–water partition coefficient (Wildman–Crippen LogP) is 3.33. The molecule has 19 heavy (non-hydrogen) atoms. The van der Waals surface area contributed by atoms with Crippen molar-refractivity contribution in [2.75, 3.05) is 11.4 Å². The Bertz CT molecular complexity index is 475. The number of ketones is 1. The van der Waals surface area contributed by atoms with Gasteiger partial charge in [-0.15, -0.1) is 0 Å². The quantitative estimate of drug-likeness (QED) is 0.840. The number of carbonyl (C=O) groups excluding carboxylic acids is 2. The molecule has 1 aromatic carbocycles. The second-order valence-electron chi connectivity index (χ2n) is 5.61. The van der Waals surface area contributed by atoms with Gasteiger partial charge in [0, 0.05) is 5.69 Å². The summed E-state index contributed by atoms with van der Waals surface area (Å²) in [5.74, 6) is -0.0904. The van der Waals surface area contributed by atoms with Crippen molar-refractivity contribution in [3.63, 3.8) is 0 Å². The van der Waals surface area contributed by atoms with Crippen molar-refractivity contribution >= 4 is 17.6 Å². The number of hydrogen-bond donors (Lipinski definition) is 0. The molecular weight excluding hydrogens is 242 g/mol. The highest BCUT2D eigenvalue weighted by Crippen LogP contribution is 2.19. The van der Waals surface area contributed by atoms with E-state index in [1.54, 1.807) is 26.8 Å². The van der Waals surface area contributed by atoms with Gasteiger partial charge in [-0.2, -0.15) is 0 Å². The molecule has 0 aliphatic heterocycles. The van der Waals surface area contributed by atoms with Crippen molar-refractivity contribution in [2.45, 2.75) is 40.2 Å². The monoisotopic (exact) mass is 263 g/mol. The molecule has 1 amide bonds. The van der Waals surface area contributed by atoms with Gasteiger partial charge in [-0.3, -0.25) is 9.69 Å². The summed E-state index contributed by atoms with van der Waals surface area (Å²) in [5.41, 5.74) is 1.11. The standard InChI is InChI=1S/C15H21NO3/c1-11-7-6-8-13(9-11)16(10-12(2)17)14(18)19-15(3,4)5/h6-9H,10H2,1-5H3. The van der Waals surface area contributed by atoms with Gasteiger partial charge < -0.3 is 4.74 Å². The summed E-state index contributed by atoms with van der Waals surface area (Å²) < 4.78 is 5.33. The van der Waals surface area contributed by atoms with Crippen LogP contribution in [0.1, 0.15) is 33.3 Å². The minimum absolute atomic E-state index is 0.0123. The van der Waals surface area contributed by atoms with E-state index in [1.807, 2.05) is 25.1 Å². The first-order valence-electron chi connectivity index (χ1n) is 6.25. The topological polar surface area (TPSA) is 46.6 Å². The van der Waals surface area contributed by atoms with Gasteiger partial charge >= 0.3 is 6.09 Å². The number of ether oxygens (including phenoxy) is 1. The van der Waals surface area contributed by atoms with E-state index in [0.717, 1.165) is 5.56 Å². The first kappa shape index (κ1) is 15.2. The molecule has 0 aromatic heterocycles. The highest BCUT2D eigenvalue weighted by atomic mass is 16.6. The third kappa shape index (κ3) is 5.12. The van der Waals surface area contributed by atoms with Crippen LogP contribution in [0, 0.1) is 6.92 Å². The van der Waals surface area contributed by atoms with E-state index in [2.05, 4.69) is 0 Å². The summed E-state index contributed by atoms with van der Waals surface area (Å²) in [5, 5.41) is 0. The van der Waals surface area contributed by atoms with Crippen LogP contribution >= 0.6 is 0 Å². The first-order valence-corrected chi connectivity index (χ1v) is 6.25. The van der Waals surface area contributed by atoms with E-state index in [4.69, 9.17) is 4.74 Å². The molecule has 0 heterocycles. The number of benzene rings is 1. The van der Waals surface area contributed by atoms with Crippen LogP contribution in [-0.2, 0) is 9.53 Å².